The van der Waals surface area contributed by atoms with Gasteiger partial charge in [-0.1, -0.05) is 0 Å². The van der Waals surface area contributed by atoms with Crippen molar-refractivity contribution in [3.63, 3.8) is 0 Å². The van der Waals surface area contributed by atoms with E-state index < -0.39 is 0 Å². The Morgan fingerprint density at radius 2 is 2.12 bits per heavy atom. The van der Waals surface area contributed by atoms with Crippen molar-refractivity contribution in [1.29, 1.82) is 0 Å². The molecule has 0 spiro atoms. The minimum absolute atomic E-state index is 0.324. The summed E-state index contributed by atoms with van der Waals surface area (Å²) in [4.78, 5) is 6.62. The number of pyridine rings is 1. The van der Waals surface area contributed by atoms with E-state index in [0.717, 1.165) is 4.88 Å². The molecule has 3 aromatic heterocycles. The summed E-state index contributed by atoms with van der Waals surface area (Å²) in [5.41, 5.74) is 7.36. The molecule has 0 saturated heterocycles. The van der Waals surface area contributed by atoms with E-state index in [0.29, 0.717) is 17.2 Å². The summed E-state index contributed by atoms with van der Waals surface area (Å²) in [6.07, 6.45) is 1.35. The monoisotopic (exact) mass is 247 g/mol. The number of nitrogens with zero attached hydrogens (tertiary/aromatic N) is 2. The quantitative estimate of drug-likeness (QED) is 0.718. The molecule has 3 nitrogen and oxygen atoms in total. The van der Waals surface area contributed by atoms with Gasteiger partial charge in [0.15, 0.2) is 0 Å². The third-order valence-corrected chi connectivity index (χ3v) is 3.60. The molecular weight excluding hydrogens is 237 g/mol. The minimum atomic E-state index is -0.324. The molecule has 17 heavy (non-hydrogen) atoms. The van der Waals surface area contributed by atoms with E-state index in [4.69, 9.17) is 5.73 Å². The van der Waals surface area contributed by atoms with Crippen molar-refractivity contribution in [2.45, 2.75) is 6.92 Å². The van der Waals surface area contributed by atoms with Crippen molar-refractivity contribution in [2.24, 2.45) is 0 Å². The number of nitrogen functional groups attached to an aromatic ring is 1. The Balaban J connectivity index is 2.27. The van der Waals surface area contributed by atoms with Gasteiger partial charge in [-0.2, -0.15) is 0 Å². The first-order valence-corrected chi connectivity index (χ1v) is 5.97. The molecule has 0 saturated carbocycles. The van der Waals surface area contributed by atoms with Crippen LogP contribution in [0.3, 0.4) is 0 Å². The number of fused-ring (bicyclic) bond motifs is 1. The normalized spacial score (nSPS) is 11.2. The highest BCUT2D eigenvalue weighted by Crippen LogP contribution is 2.31. The minimum Gasteiger partial charge on any atom is -0.383 e. The lowest BCUT2D eigenvalue weighted by molar-refractivity contribution is 0.619. The second-order valence-electron chi connectivity index (χ2n) is 3.83. The first-order valence-electron chi connectivity index (χ1n) is 5.15. The van der Waals surface area contributed by atoms with E-state index >= 15 is 0 Å². The van der Waals surface area contributed by atoms with Crippen molar-refractivity contribution in [2.75, 3.05) is 5.73 Å². The summed E-state index contributed by atoms with van der Waals surface area (Å²) in [5.74, 6) is 0.150. The van der Waals surface area contributed by atoms with Crippen LogP contribution in [0.15, 0.2) is 30.5 Å². The summed E-state index contributed by atoms with van der Waals surface area (Å²) < 4.78 is 14.7. The molecule has 0 aliphatic heterocycles. The zero-order valence-corrected chi connectivity index (χ0v) is 9.96. The van der Waals surface area contributed by atoms with E-state index in [1.54, 1.807) is 21.8 Å². The second-order valence-corrected chi connectivity index (χ2v) is 5.12. The molecule has 0 fully saturated rings. The predicted molar refractivity (Wildman–Crippen MR) is 67.6 cm³/mol. The van der Waals surface area contributed by atoms with Gasteiger partial charge in [-0.05, 0) is 31.2 Å². The molecule has 2 N–H and O–H groups in total. The molecule has 3 rings (SSSR count). The summed E-state index contributed by atoms with van der Waals surface area (Å²) in [6.45, 7) is 2.03. The third-order valence-electron chi connectivity index (χ3n) is 2.59. The van der Waals surface area contributed by atoms with E-state index in [9.17, 15) is 4.39 Å². The van der Waals surface area contributed by atoms with E-state index in [-0.39, 0.29) is 5.82 Å². The number of rotatable bonds is 1. The molecule has 0 atom stereocenters. The van der Waals surface area contributed by atoms with Crippen LogP contribution in [0.1, 0.15) is 4.88 Å². The average Bonchev–Trinajstić information content (AvgIpc) is 2.84. The molecule has 0 unspecified atom stereocenters. The lowest BCUT2D eigenvalue weighted by Gasteiger charge is -1.96. The Bertz CT molecular complexity index is 699. The first-order chi connectivity index (χ1) is 8.15. The van der Waals surface area contributed by atoms with Crippen LogP contribution in [-0.2, 0) is 0 Å². The molecule has 0 bridgehead atoms. The topological polar surface area (TPSA) is 43.3 Å². The fourth-order valence-electron chi connectivity index (χ4n) is 1.78. The van der Waals surface area contributed by atoms with Crippen LogP contribution in [0.5, 0.6) is 0 Å². The molecule has 0 aliphatic rings. The highest BCUT2D eigenvalue weighted by molar-refractivity contribution is 7.15. The van der Waals surface area contributed by atoms with Crippen molar-refractivity contribution in [3.05, 3.63) is 41.2 Å². The number of imidazole rings is 1. The highest BCUT2D eigenvalue weighted by Gasteiger charge is 2.12. The number of anilines is 1. The van der Waals surface area contributed by atoms with Crippen LogP contribution in [0.4, 0.5) is 10.2 Å². The Morgan fingerprint density at radius 1 is 1.29 bits per heavy atom. The van der Waals surface area contributed by atoms with Gasteiger partial charge in [0.2, 0.25) is 0 Å². The van der Waals surface area contributed by atoms with Crippen LogP contribution in [0.2, 0.25) is 0 Å². The van der Waals surface area contributed by atoms with Gasteiger partial charge in [-0.3, -0.25) is 4.40 Å². The molecule has 3 aromatic rings. The number of halogens is 1. The molecule has 0 radical (unpaired) electrons. The third kappa shape index (κ3) is 1.59. The van der Waals surface area contributed by atoms with Crippen molar-refractivity contribution >= 4 is 22.8 Å². The van der Waals surface area contributed by atoms with Crippen LogP contribution in [0.25, 0.3) is 16.2 Å². The Labute approximate surface area is 101 Å². The van der Waals surface area contributed by atoms with Gasteiger partial charge < -0.3 is 5.73 Å². The van der Waals surface area contributed by atoms with Crippen molar-refractivity contribution in [3.8, 4) is 10.6 Å². The molecule has 0 amide bonds. The number of hydrogen-bond donors (Lipinski definition) is 1. The molecule has 3 heterocycles. The fraction of sp³-hybridized carbons (Fsp3) is 0.0833. The van der Waals surface area contributed by atoms with Crippen LogP contribution >= 0.6 is 11.3 Å². The largest absolute Gasteiger partial charge is 0.383 e. The maximum absolute atomic E-state index is 13.1. The Kier molecular flexibility index (Phi) is 2.16. The summed E-state index contributed by atoms with van der Waals surface area (Å²) in [7, 11) is 0. The zero-order chi connectivity index (χ0) is 12.0. The predicted octanol–water partition coefficient (Wildman–Crippen LogP) is 3.09. The summed E-state index contributed by atoms with van der Waals surface area (Å²) >= 11 is 1.62. The van der Waals surface area contributed by atoms with Crippen LogP contribution < -0.4 is 5.73 Å². The standard InChI is InChI=1S/C12H10FN3S/c1-7-2-4-9(17-7)11-12(14)16-6-8(13)3-5-10(16)15-11/h2-6H,14H2,1H3. The average molecular weight is 247 g/mol. The second kappa shape index (κ2) is 3.56. The van der Waals surface area contributed by atoms with Gasteiger partial charge in [0.05, 0.1) is 4.88 Å². The van der Waals surface area contributed by atoms with Gasteiger partial charge in [0.1, 0.15) is 23.0 Å². The molecule has 0 aromatic carbocycles. The maximum Gasteiger partial charge on any atom is 0.140 e. The lowest BCUT2D eigenvalue weighted by atomic mass is 10.3. The van der Waals surface area contributed by atoms with Gasteiger partial charge >= 0.3 is 0 Å². The van der Waals surface area contributed by atoms with Crippen molar-refractivity contribution in [1.82, 2.24) is 9.38 Å². The van der Waals surface area contributed by atoms with Gasteiger partial charge in [0, 0.05) is 11.1 Å². The molecule has 86 valence electrons. The summed E-state index contributed by atoms with van der Waals surface area (Å²) in [5, 5.41) is 0. The van der Waals surface area contributed by atoms with E-state index in [1.807, 2.05) is 19.1 Å². The SMILES string of the molecule is Cc1ccc(-c2nc3ccc(F)cn3c2N)s1. The van der Waals surface area contributed by atoms with E-state index in [1.165, 1.54) is 17.1 Å². The first kappa shape index (κ1) is 10.3. The number of aromatic nitrogens is 2. The van der Waals surface area contributed by atoms with Gasteiger partial charge in [0.25, 0.3) is 0 Å². The Morgan fingerprint density at radius 3 is 2.82 bits per heavy atom. The number of nitrogens with two attached hydrogens (primary N) is 1. The van der Waals surface area contributed by atoms with Gasteiger partial charge in [-0.25, -0.2) is 9.37 Å². The lowest BCUT2D eigenvalue weighted by Crippen LogP contribution is -1.94. The zero-order valence-electron chi connectivity index (χ0n) is 9.14. The summed E-state index contributed by atoms with van der Waals surface area (Å²) in [6, 6.07) is 7.00. The fourth-order valence-corrected chi connectivity index (χ4v) is 2.65. The number of thiophene rings is 1. The number of hydrogen-bond acceptors (Lipinski definition) is 3. The number of aryl methyl sites for hydroxylation is 1. The molecular formula is C12H10FN3S. The van der Waals surface area contributed by atoms with Crippen LogP contribution in [-0.4, -0.2) is 9.38 Å². The van der Waals surface area contributed by atoms with Crippen molar-refractivity contribution < 1.29 is 4.39 Å². The maximum atomic E-state index is 13.1. The van der Waals surface area contributed by atoms with Gasteiger partial charge in [-0.15, -0.1) is 11.3 Å². The van der Waals surface area contributed by atoms with E-state index in [2.05, 4.69) is 4.98 Å². The van der Waals surface area contributed by atoms with Crippen LogP contribution in [0, 0.1) is 12.7 Å². The molecule has 0 aliphatic carbocycles. The molecule has 5 heteroatoms. The Hall–Kier alpha value is -1.88. The highest BCUT2D eigenvalue weighted by atomic mass is 32.1. The smallest absolute Gasteiger partial charge is 0.140 e.